The summed E-state index contributed by atoms with van der Waals surface area (Å²) < 4.78 is 32.9. The molecule has 8 nitrogen and oxygen atoms in total. The lowest BCUT2D eigenvalue weighted by Gasteiger charge is -2.24. The van der Waals surface area contributed by atoms with Gasteiger partial charge in [0.25, 0.3) is 5.91 Å². The van der Waals surface area contributed by atoms with Crippen LogP contribution in [0.1, 0.15) is 29.6 Å². The van der Waals surface area contributed by atoms with E-state index in [1.807, 2.05) is 0 Å². The summed E-state index contributed by atoms with van der Waals surface area (Å²) in [6.45, 7) is 1.03. The van der Waals surface area contributed by atoms with Crippen LogP contribution in [0, 0.1) is 0 Å². The lowest BCUT2D eigenvalue weighted by Crippen LogP contribution is -2.36. The molecule has 9 heteroatoms. The van der Waals surface area contributed by atoms with E-state index in [-0.39, 0.29) is 17.3 Å². The minimum atomic E-state index is -3.73. The topological polar surface area (TPSA) is 96.0 Å². The Hall–Kier alpha value is -2.13. The minimum absolute atomic E-state index is 0.0997. The Kier molecular flexibility index (Phi) is 4.94. The van der Waals surface area contributed by atoms with Gasteiger partial charge in [-0.3, -0.25) is 4.79 Å². The molecule has 1 unspecified atom stereocenters. The van der Waals surface area contributed by atoms with E-state index in [2.05, 4.69) is 5.32 Å². The van der Waals surface area contributed by atoms with Crippen LogP contribution in [0.15, 0.2) is 29.2 Å². The molecule has 2 heterocycles. The average Bonchev–Trinajstić information content (AvgIpc) is 2.84. The number of carbonyl (C=O) groups excluding carboxylic acids is 2. The van der Waals surface area contributed by atoms with E-state index in [0.717, 1.165) is 0 Å². The summed E-state index contributed by atoms with van der Waals surface area (Å²) in [6.07, 6.45) is 1.22. The van der Waals surface area contributed by atoms with E-state index in [0.29, 0.717) is 37.9 Å². The number of ether oxygens (including phenoxy) is 1. The Morgan fingerprint density at radius 3 is 2.69 bits per heavy atom. The lowest BCUT2D eigenvalue weighted by atomic mass is 9.95. The van der Waals surface area contributed by atoms with Crippen LogP contribution < -0.4 is 5.32 Å². The summed E-state index contributed by atoms with van der Waals surface area (Å²) in [6, 6.07) is 6.09. The fourth-order valence-electron chi connectivity index (χ4n) is 3.36. The zero-order valence-electron chi connectivity index (χ0n) is 14.9. The second-order valence-corrected chi connectivity index (χ2v) is 8.85. The molecule has 2 aliphatic rings. The van der Waals surface area contributed by atoms with Crippen molar-refractivity contribution < 1.29 is 22.7 Å². The maximum Gasteiger partial charge on any atom is 0.407 e. The van der Waals surface area contributed by atoms with Crippen LogP contribution >= 0.6 is 0 Å². The zero-order chi connectivity index (χ0) is 18.9. The van der Waals surface area contributed by atoms with Crippen molar-refractivity contribution in [3.63, 3.8) is 0 Å². The molecule has 0 aliphatic carbocycles. The molecule has 0 aromatic heterocycles. The number of nitrogens with zero attached hydrogens (tertiary/aromatic N) is 2. The maximum absolute atomic E-state index is 13.0. The second kappa shape index (κ2) is 6.88. The Labute approximate surface area is 153 Å². The molecule has 0 bridgehead atoms. The molecule has 0 saturated carbocycles. The van der Waals surface area contributed by atoms with Crippen LogP contribution in [0.25, 0.3) is 0 Å². The van der Waals surface area contributed by atoms with Crippen molar-refractivity contribution in [1.82, 2.24) is 14.5 Å². The summed E-state index contributed by atoms with van der Waals surface area (Å²) >= 11 is 0. The van der Waals surface area contributed by atoms with Crippen molar-refractivity contribution in [2.24, 2.45) is 0 Å². The fourth-order valence-corrected chi connectivity index (χ4v) is 4.89. The maximum atomic E-state index is 13.0. The van der Waals surface area contributed by atoms with Crippen molar-refractivity contribution in [2.75, 3.05) is 33.7 Å². The number of benzene rings is 1. The summed E-state index contributed by atoms with van der Waals surface area (Å²) in [5.41, 5.74) is -0.291. The number of carbonyl (C=O) groups is 2. The molecule has 142 valence electrons. The minimum Gasteiger partial charge on any atom is -0.441 e. The molecule has 1 N–H and O–H groups in total. The van der Waals surface area contributed by atoms with E-state index in [4.69, 9.17) is 4.74 Å². The molecular formula is C17H23N3O5S. The van der Waals surface area contributed by atoms with Crippen LogP contribution in [0.4, 0.5) is 4.79 Å². The Morgan fingerprint density at radius 1 is 1.27 bits per heavy atom. The molecule has 1 atom stereocenters. The first-order chi connectivity index (χ1) is 12.2. The van der Waals surface area contributed by atoms with Crippen LogP contribution in [0.3, 0.4) is 0 Å². The lowest BCUT2D eigenvalue weighted by molar-refractivity contribution is 0.0460. The number of hydrogen-bond acceptors (Lipinski definition) is 5. The van der Waals surface area contributed by atoms with Gasteiger partial charge in [-0.2, -0.15) is 4.31 Å². The van der Waals surface area contributed by atoms with Gasteiger partial charge >= 0.3 is 6.09 Å². The Bertz CT molecular complexity index is 823. The molecule has 2 aliphatic heterocycles. The Morgan fingerprint density at radius 2 is 2.04 bits per heavy atom. The van der Waals surface area contributed by atoms with Crippen LogP contribution in [-0.2, 0) is 14.8 Å². The fraction of sp³-hybridized carbons (Fsp3) is 0.529. The summed E-state index contributed by atoms with van der Waals surface area (Å²) in [7, 11) is -0.486. The Balaban J connectivity index is 1.81. The van der Waals surface area contributed by atoms with Gasteiger partial charge in [0.05, 0.1) is 11.4 Å². The van der Waals surface area contributed by atoms with Crippen LogP contribution in [-0.4, -0.2) is 69.0 Å². The van der Waals surface area contributed by atoms with Gasteiger partial charge in [0.2, 0.25) is 10.0 Å². The number of nitrogens with one attached hydrogen (secondary N) is 1. The van der Waals surface area contributed by atoms with Gasteiger partial charge in [-0.1, -0.05) is 6.07 Å². The van der Waals surface area contributed by atoms with Gasteiger partial charge < -0.3 is 15.0 Å². The van der Waals surface area contributed by atoms with E-state index in [1.165, 1.54) is 21.3 Å². The van der Waals surface area contributed by atoms with E-state index in [9.17, 15) is 18.0 Å². The first-order valence-corrected chi connectivity index (χ1v) is 9.96. The largest absolute Gasteiger partial charge is 0.441 e. The highest BCUT2D eigenvalue weighted by atomic mass is 32.2. The van der Waals surface area contributed by atoms with Gasteiger partial charge in [0.15, 0.2) is 0 Å². The first kappa shape index (κ1) is 18.7. The molecule has 1 aromatic rings. The van der Waals surface area contributed by atoms with Gasteiger partial charge in [0.1, 0.15) is 5.60 Å². The number of amides is 2. The van der Waals surface area contributed by atoms with Crippen LogP contribution in [0.2, 0.25) is 0 Å². The predicted octanol–water partition coefficient (Wildman–Crippen LogP) is 1.04. The highest BCUT2D eigenvalue weighted by Crippen LogP contribution is 2.31. The van der Waals surface area contributed by atoms with Crippen molar-refractivity contribution in [3.05, 3.63) is 29.8 Å². The smallest absolute Gasteiger partial charge is 0.407 e. The highest BCUT2D eigenvalue weighted by Gasteiger charge is 2.43. The normalized spacial score (nSPS) is 24.0. The zero-order valence-corrected chi connectivity index (χ0v) is 15.7. The van der Waals surface area contributed by atoms with E-state index >= 15 is 0 Å². The van der Waals surface area contributed by atoms with Crippen molar-refractivity contribution in [2.45, 2.75) is 29.8 Å². The predicted molar refractivity (Wildman–Crippen MR) is 94.3 cm³/mol. The summed E-state index contributed by atoms with van der Waals surface area (Å²) in [5.74, 6) is -0.249. The first-order valence-electron chi connectivity index (χ1n) is 8.52. The molecule has 2 saturated heterocycles. The highest BCUT2D eigenvalue weighted by molar-refractivity contribution is 7.89. The van der Waals surface area contributed by atoms with Gasteiger partial charge in [0, 0.05) is 39.2 Å². The third-order valence-corrected chi connectivity index (χ3v) is 6.74. The molecule has 2 fully saturated rings. The summed E-state index contributed by atoms with van der Waals surface area (Å²) in [5, 5.41) is 2.65. The van der Waals surface area contributed by atoms with Gasteiger partial charge in [-0.25, -0.2) is 13.2 Å². The van der Waals surface area contributed by atoms with E-state index < -0.39 is 21.7 Å². The monoisotopic (exact) mass is 381 g/mol. The van der Waals surface area contributed by atoms with Crippen molar-refractivity contribution >= 4 is 22.0 Å². The summed E-state index contributed by atoms with van der Waals surface area (Å²) in [4.78, 5) is 25.0. The number of sulfonamides is 1. The average molecular weight is 381 g/mol. The molecule has 1 spiro atoms. The third-order valence-electron chi connectivity index (χ3n) is 4.85. The third kappa shape index (κ3) is 3.54. The number of alkyl carbamates (subject to hydrolysis) is 1. The van der Waals surface area contributed by atoms with Gasteiger partial charge in [-0.15, -0.1) is 0 Å². The standard InChI is InChI=1S/C17H23N3O5S/c1-19(2)15(21)13-5-3-6-14(11-13)26(23,24)20-9-4-7-17(8-10-20)12-18-16(22)25-17/h3,5-6,11H,4,7-10,12H2,1-2H3,(H,18,22). The van der Waals surface area contributed by atoms with Crippen molar-refractivity contribution in [3.8, 4) is 0 Å². The molecule has 2 amide bonds. The molecule has 0 radical (unpaired) electrons. The van der Waals surface area contributed by atoms with Crippen molar-refractivity contribution in [1.29, 1.82) is 0 Å². The SMILES string of the molecule is CN(C)C(=O)c1cccc(S(=O)(=O)N2CCCC3(CC2)CNC(=O)O3)c1. The number of rotatable bonds is 3. The molecule has 26 heavy (non-hydrogen) atoms. The number of hydrogen-bond donors (Lipinski definition) is 1. The van der Waals surface area contributed by atoms with E-state index in [1.54, 1.807) is 26.2 Å². The molecule has 1 aromatic carbocycles. The molecule has 3 rings (SSSR count). The molecular weight excluding hydrogens is 358 g/mol. The quantitative estimate of drug-likeness (QED) is 0.844. The second-order valence-electron chi connectivity index (χ2n) is 6.91. The van der Waals surface area contributed by atoms with Crippen LogP contribution in [0.5, 0.6) is 0 Å². The van der Waals surface area contributed by atoms with Gasteiger partial charge in [-0.05, 0) is 31.0 Å².